The average molecular weight is 210 g/mol. The molecule has 1 unspecified atom stereocenters. The molecule has 5 heteroatoms. The second-order valence-corrected chi connectivity index (χ2v) is 3.99. The van der Waals surface area contributed by atoms with E-state index < -0.39 is 0 Å². The number of hydrogen-bond acceptors (Lipinski definition) is 3. The van der Waals surface area contributed by atoms with Gasteiger partial charge in [-0.2, -0.15) is 11.3 Å². The Morgan fingerprint density at radius 2 is 2.50 bits per heavy atom. The predicted octanol–water partition coefficient (Wildman–Crippen LogP) is 0.823. The minimum atomic E-state index is -0.220. The number of rotatable bonds is 2. The quantitative estimate of drug-likeness (QED) is 0.759. The molecule has 0 radical (unpaired) electrons. The van der Waals surface area contributed by atoms with E-state index in [1.54, 1.807) is 0 Å². The molecular weight excluding hydrogens is 200 g/mol. The Kier molecular flexibility index (Phi) is 2.49. The standard InChI is InChI=1S/C9H10N2O2S/c12-8-3-6(4-10-8)9(13)11-7-1-2-14-5-7/h1-2,5-6H,3-4H2,(H,10,12)(H,11,13). The van der Waals surface area contributed by atoms with Crippen LogP contribution in [0.1, 0.15) is 6.42 Å². The van der Waals surface area contributed by atoms with Crippen LogP contribution in [0.25, 0.3) is 0 Å². The van der Waals surface area contributed by atoms with Crippen molar-refractivity contribution >= 4 is 28.8 Å². The summed E-state index contributed by atoms with van der Waals surface area (Å²) in [5.41, 5.74) is 0.805. The molecule has 2 N–H and O–H groups in total. The minimum Gasteiger partial charge on any atom is -0.355 e. The third-order valence-corrected chi connectivity index (χ3v) is 2.82. The molecule has 2 heterocycles. The van der Waals surface area contributed by atoms with Crippen molar-refractivity contribution < 1.29 is 9.59 Å². The lowest BCUT2D eigenvalue weighted by Gasteiger charge is -2.06. The molecule has 0 saturated carbocycles. The van der Waals surface area contributed by atoms with Crippen molar-refractivity contribution in [2.45, 2.75) is 6.42 Å². The van der Waals surface area contributed by atoms with Gasteiger partial charge in [0, 0.05) is 18.3 Å². The van der Waals surface area contributed by atoms with E-state index in [1.165, 1.54) is 11.3 Å². The SMILES string of the molecule is O=C1CC(C(=O)Nc2ccsc2)CN1. The maximum absolute atomic E-state index is 11.6. The molecule has 74 valence electrons. The Hall–Kier alpha value is -1.36. The molecule has 1 saturated heterocycles. The van der Waals surface area contributed by atoms with E-state index >= 15 is 0 Å². The molecule has 1 fully saturated rings. The number of carbonyl (C=O) groups excluding carboxylic acids is 2. The minimum absolute atomic E-state index is 0.0459. The predicted molar refractivity (Wildman–Crippen MR) is 54.1 cm³/mol. The summed E-state index contributed by atoms with van der Waals surface area (Å²) in [6, 6.07) is 1.84. The fourth-order valence-corrected chi connectivity index (χ4v) is 1.96. The normalized spacial score (nSPS) is 20.6. The van der Waals surface area contributed by atoms with Crippen molar-refractivity contribution in [2.75, 3.05) is 11.9 Å². The first-order valence-electron chi connectivity index (χ1n) is 4.35. The summed E-state index contributed by atoms with van der Waals surface area (Å²) < 4.78 is 0. The van der Waals surface area contributed by atoms with Crippen LogP contribution >= 0.6 is 11.3 Å². The molecule has 1 atom stereocenters. The maximum Gasteiger partial charge on any atom is 0.229 e. The molecule has 1 aromatic rings. The lowest BCUT2D eigenvalue weighted by atomic mass is 10.1. The highest BCUT2D eigenvalue weighted by molar-refractivity contribution is 7.08. The van der Waals surface area contributed by atoms with Crippen LogP contribution in [0.15, 0.2) is 16.8 Å². The lowest BCUT2D eigenvalue weighted by Crippen LogP contribution is -2.24. The van der Waals surface area contributed by atoms with Gasteiger partial charge in [0.25, 0.3) is 0 Å². The first-order valence-corrected chi connectivity index (χ1v) is 5.30. The van der Waals surface area contributed by atoms with Gasteiger partial charge in [0.2, 0.25) is 11.8 Å². The molecule has 0 aromatic carbocycles. The van der Waals surface area contributed by atoms with Gasteiger partial charge in [-0.15, -0.1) is 0 Å². The molecule has 2 rings (SSSR count). The van der Waals surface area contributed by atoms with Crippen molar-refractivity contribution in [1.29, 1.82) is 0 Å². The number of anilines is 1. The zero-order chi connectivity index (χ0) is 9.97. The van der Waals surface area contributed by atoms with E-state index in [1.807, 2.05) is 16.8 Å². The van der Waals surface area contributed by atoms with Crippen LogP contribution in [-0.2, 0) is 9.59 Å². The average Bonchev–Trinajstić information content (AvgIpc) is 2.75. The number of amides is 2. The van der Waals surface area contributed by atoms with E-state index in [9.17, 15) is 9.59 Å². The topological polar surface area (TPSA) is 58.2 Å². The van der Waals surface area contributed by atoms with Crippen LogP contribution in [0.3, 0.4) is 0 Å². The summed E-state index contributed by atoms with van der Waals surface area (Å²) in [4.78, 5) is 22.4. The first-order chi connectivity index (χ1) is 6.75. The number of nitrogens with one attached hydrogen (secondary N) is 2. The molecule has 1 aliphatic heterocycles. The third kappa shape index (κ3) is 1.93. The summed E-state index contributed by atoms with van der Waals surface area (Å²) in [6.07, 6.45) is 0.302. The van der Waals surface area contributed by atoms with Gasteiger partial charge < -0.3 is 10.6 Å². The van der Waals surface area contributed by atoms with Crippen molar-refractivity contribution in [3.05, 3.63) is 16.8 Å². The molecule has 0 spiro atoms. The zero-order valence-corrected chi connectivity index (χ0v) is 8.26. The van der Waals surface area contributed by atoms with E-state index in [2.05, 4.69) is 10.6 Å². The Morgan fingerprint density at radius 3 is 3.07 bits per heavy atom. The van der Waals surface area contributed by atoms with Crippen molar-refractivity contribution in [3.63, 3.8) is 0 Å². The highest BCUT2D eigenvalue weighted by Gasteiger charge is 2.27. The Bertz CT molecular complexity index is 348. The van der Waals surface area contributed by atoms with Gasteiger partial charge in [-0.3, -0.25) is 9.59 Å². The van der Waals surface area contributed by atoms with Crippen LogP contribution in [0, 0.1) is 5.92 Å². The van der Waals surface area contributed by atoms with Crippen molar-refractivity contribution in [2.24, 2.45) is 5.92 Å². The van der Waals surface area contributed by atoms with Gasteiger partial charge in [-0.1, -0.05) is 0 Å². The molecule has 2 amide bonds. The molecule has 0 aliphatic carbocycles. The molecule has 14 heavy (non-hydrogen) atoms. The summed E-state index contributed by atoms with van der Waals surface area (Å²) in [7, 11) is 0. The smallest absolute Gasteiger partial charge is 0.229 e. The van der Waals surface area contributed by atoms with E-state index in [-0.39, 0.29) is 17.7 Å². The molecule has 4 nitrogen and oxygen atoms in total. The molecule has 0 bridgehead atoms. The van der Waals surface area contributed by atoms with Crippen molar-refractivity contribution in [1.82, 2.24) is 5.32 Å². The van der Waals surface area contributed by atoms with E-state index in [0.29, 0.717) is 13.0 Å². The van der Waals surface area contributed by atoms with Crippen LogP contribution in [0.5, 0.6) is 0 Å². The van der Waals surface area contributed by atoms with Gasteiger partial charge in [-0.25, -0.2) is 0 Å². The fourth-order valence-electron chi connectivity index (χ4n) is 1.37. The van der Waals surface area contributed by atoms with E-state index in [4.69, 9.17) is 0 Å². The van der Waals surface area contributed by atoms with Crippen LogP contribution in [0.4, 0.5) is 5.69 Å². The van der Waals surface area contributed by atoms with Gasteiger partial charge in [-0.05, 0) is 11.4 Å². The first kappa shape index (κ1) is 9.21. The maximum atomic E-state index is 11.6. The second-order valence-electron chi connectivity index (χ2n) is 3.21. The molecular formula is C9H10N2O2S. The number of carbonyl (C=O) groups is 2. The highest BCUT2D eigenvalue weighted by Crippen LogP contribution is 2.15. The van der Waals surface area contributed by atoms with Crippen LogP contribution < -0.4 is 10.6 Å². The van der Waals surface area contributed by atoms with Crippen LogP contribution in [-0.4, -0.2) is 18.4 Å². The number of hydrogen-bond donors (Lipinski definition) is 2. The van der Waals surface area contributed by atoms with Gasteiger partial charge in [0.1, 0.15) is 0 Å². The van der Waals surface area contributed by atoms with E-state index in [0.717, 1.165) is 5.69 Å². The lowest BCUT2D eigenvalue weighted by molar-refractivity contribution is -0.123. The van der Waals surface area contributed by atoms with Gasteiger partial charge in [0.05, 0.1) is 11.6 Å². The van der Waals surface area contributed by atoms with Gasteiger partial charge >= 0.3 is 0 Å². The third-order valence-electron chi connectivity index (χ3n) is 2.14. The Balaban J connectivity index is 1.93. The fraction of sp³-hybridized carbons (Fsp3) is 0.333. The van der Waals surface area contributed by atoms with Crippen LogP contribution in [0.2, 0.25) is 0 Å². The van der Waals surface area contributed by atoms with Crippen molar-refractivity contribution in [3.8, 4) is 0 Å². The number of thiophene rings is 1. The summed E-state index contributed by atoms with van der Waals surface area (Å²) in [5.74, 6) is -0.348. The highest BCUT2D eigenvalue weighted by atomic mass is 32.1. The molecule has 1 aliphatic rings. The zero-order valence-electron chi connectivity index (χ0n) is 7.45. The molecule has 1 aromatic heterocycles. The Labute approximate surface area is 85.3 Å². The summed E-state index contributed by atoms with van der Waals surface area (Å²) in [5, 5.41) is 9.16. The largest absolute Gasteiger partial charge is 0.355 e. The Morgan fingerprint density at radius 1 is 1.64 bits per heavy atom. The monoisotopic (exact) mass is 210 g/mol. The summed E-state index contributed by atoms with van der Waals surface area (Å²) >= 11 is 1.53. The second kappa shape index (κ2) is 3.79. The summed E-state index contributed by atoms with van der Waals surface area (Å²) in [6.45, 7) is 0.453. The van der Waals surface area contributed by atoms with Gasteiger partial charge in [0.15, 0.2) is 0 Å².